The predicted molar refractivity (Wildman–Crippen MR) is 82.6 cm³/mol. The Balaban J connectivity index is 1.89. The summed E-state index contributed by atoms with van der Waals surface area (Å²) in [7, 11) is 1.43. The highest BCUT2D eigenvalue weighted by molar-refractivity contribution is 9.10. The number of hydrogen-bond donors (Lipinski definition) is 0. The molecule has 8 heteroatoms. The van der Waals surface area contributed by atoms with Gasteiger partial charge in [0.2, 0.25) is 0 Å². The molecule has 0 spiro atoms. The molecule has 0 N–H and O–H groups in total. The van der Waals surface area contributed by atoms with Gasteiger partial charge in [-0.2, -0.15) is 0 Å². The number of carbonyl (C=O) groups is 1. The van der Waals surface area contributed by atoms with E-state index in [-0.39, 0.29) is 17.6 Å². The fraction of sp³-hybridized carbons (Fsp3) is 0.571. The van der Waals surface area contributed by atoms with Gasteiger partial charge in [0.1, 0.15) is 12.0 Å². The number of carbonyl (C=O) groups excluding carboxylic acids is 1. The lowest BCUT2D eigenvalue weighted by Gasteiger charge is -2.25. The van der Waals surface area contributed by atoms with E-state index in [1.165, 1.54) is 19.4 Å². The second kappa shape index (κ2) is 5.49. The second-order valence-corrected chi connectivity index (χ2v) is 6.73. The topological polar surface area (TPSA) is 85.6 Å². The molecule has 1 aromatic rings. The molecular formula is C14H16BrN3O4. The second-order valence-electron chi connectivity index (χ2n) is 5.87. The van der Waals surface area contributed by atoms with Crippen LogP contribution in [-0.2, 0) is 9.53 Å². The lowest BCUT2D eigenvalue weighted by atomic mass is 9.81. The van der Waals surface area contributed by atoms with Gasteiger partial charge in [0, 0.05) is 19.2 Å². The number of fused-ring (bicyclic) bond motifs is 1. The van der Waals surface area contributed by atoms with Crippen molar-refractivity contribution in [2.75, 3.05) is 25.1 Å². The van der Waals surface area contributed by atoms with Crippen LogP contribution < -0.4 is 4.90 Å². The maximum Gasteiger partial charge on any atom is 0.313 e. The summed E-state index contributed by atoms with van der Waals surface area (Å²) in [6, 6.07) is 1.45. The number of aromatic nitrogens is 1. The SMILES string of the molecule is COC(=O)C12CCCC1CN(c1ncc([N+](=O)[O-])cc1Br)C2. The van der Waals surface area contributed by atoms with Crippen molar-refractivity contribution < 1.29 is 14.5 Å². The predicted octanol–water partition coefficient (Wildman–Crippen LogP) is 2.53. The van der Waals surface area contributed by atoms with Crippen LogP contribution in [0.5, 0.6) is 0 Å². The van der Waals surface area contributed by atoms with E-state index in [0.717, 1.165) is 25.8 Å². The third kappa shape index (κ3) is 2.25. The number of esters is 1. The van der Waals surface area contributed by atoms with Crippen LogP contribution in [0.15, 0.2) is 16.7 Å². The van der Waals surface area contributed by atoms with E-state index >= 15 is 0 Å². The van der Waals surface area contributed by atoms with E-state index in [1.54, 1.807) is 0 Å². The van der Waals surface area contributed by atoms with Gasteiger partial charge in [0.25, 0.3) is 5.69 Å². The number of halogens is 1. The number of anilines is 1. The zero-order valence-electron chi connectivity index (χ0n) is 12.1. The van der Waals surface area contributed by atoms with Crippen molar-refractivity contribution in [1.29, 1.82) is 0 Å². The smallest absolute Gasteiger partial charge is 0.313 e. The Kier molecular flexibility index (Phi) is 3.80. The normalized spacial score (nSPS) is 26.8. The Bertz CT molecular complexity index is 639. The highest BCUT2D eigenvalue weighted by Gasteiger charge is 2.55. The monoisotopic (exact) mass is 369 g/mol. The first kappa shape index (κ1) is 15.2. The Morgan fingerprint density at radius 2 is 2.41 bits per heavy atom. The summed E-state index contributed by atoms with van der Waals surface area (Å²) in [6.45, 7) is 1.27. The lowest BCUT2D eigenvalue weighted by molar-refractivity contribution is -0.385. The fourth-order valence-electron chi connectivity index (χ4n) is 3.74. The molecule has 7 nitrogen and oxygen atoms in total. The number of nitro groups is 1. The van der Waals surface area contributed by atoms with Crippen molar-refractivity contribution in [3.8, 4) is 0 Å². The van der Waals surface area contributed by atoms with Gasteiger partial charge >= 0.3 is 5.97 Å². The van der Waals surface area contributed by atoms with Crippen molar-refractivity contribution in [2.24, 2.45) is 11.3 Å². The summed E-state index contributed by atoms with van der Waals surface area (Å²) in [6.07, 6.45) is 4.10. The Morgan fingerprint density at radius 3 is 3.05 bits per heavy atom. The summed E-state index contributed by atoms with van der Waals surface area (Å²) >= 11 is 3.35. The molecule has 3 rings (SSSR count). The van der Waals surface area contributed by atoms with Crippen molar-refractivity contribution in [2.45, 2.75) is 19.3 Å². The molecule has 1 aliphatic heterocycles. The molecule has 0 aromatic carbocycles. The maximum absolute atomic E-state index is 12.3. The molecule has 2 atom stereocenters. The van der Waals surface area contributed by atoms with E-state index in [4.69, 9.17) is 4.74 Å². The Hall–Kier alpha value is -1.70. The zero-order valence-corrected chi connectivity index (χ0v) is 13.7. The van der Waals surface area contributed by atoms with Gasteiger partial charge in [-0.25, -0.2) is 4.98 Å². The fourth-order valence-corrected chi connectivity index (χ4v) is 4.33. The Morgan fingerprint density at radius 1 is 1.64 bits per heavy atom. The van der Waals surface area contributed by atoms with Crippen LogP contribution in [-0.4, -0.2) is 36.1 Å². The van der Waals surface area contributed by atoms with Crippen LogP contribution in [0.1, 0.15) is 19.3 Å². The molecule has 0 amide bonds. The van der Waals surface area contributed by atoms with Crippen LogP contribution in [0.4, 0.5) is 11.5 Å². The minimum atomic E-state index is -0.476. The summed E-state index contributed by atoms with van der Waals surface area (Å²) in [4.78, 5) is 28.8. The minimum Gasteiger partial charge on any atom is -0.469 e. The van der Waals surface area contributed by atoms with E-state index in [9.17, 15) is 14.9 Å². The Labute approximate surface area is 135 Å². The molecule has 1 saturated carbocycles. The number of hydrogen-bond acceptors (Lipinski definition) is 6. The van der Waals surface area contributed by atoms with Gasteiger partial charge in [-0.3, -0.25) is 14.9 Å². The number of rotatable bonds is 3. The minimum absolute atomic E-state index is 0.0577. The van der Waals surface area contributed by atoms with Crippen molar-refractivity contribution in [3.63, 3.8) is 0 Å². The van der Waals surface area contributed by atoms with E-state index in [2.05, 4.69) is 20.9 Å². The van der Waals surface area contributed by atoms with Crippen LogP contribution >= 0.6 is 15.9 Å². The van der Waals surface area contributed by atoms with Crippen molar-refractivity contribution in [3.05, 3.63) is 26.9 Å². The first-order chi connectivity index (χ1) is 10.5. The summed E-state index contributed by atoms with van der Waals surface area (Å²) in [5, 5.41) is 10.8. The average molecular weight is 370 g/mol. The van der Waals surface area contributed by atoms with Gasteiger partial charge in [-0.05, 0) is 34.7 Å². The van der Waals surface area contributed by atoms with E-state index in [0.29, 0.717) is 16.8 Å². The third-order valence-corrected chi connectivity index (χ3v) is 5.36. The van der Waals surface area contributed by atoms with Crippen LogP contribution in [0.25, 0.3) is 0 Å². The van der Waals surface area contributed by atoms with Crippen LogP contribution in [0.2, 0.25) is 0 Å². The molecule has 118 valence electrons. The summed E-state index contributed by atoms with van der Waals surface area (Å²) < 4.78 is 5.59. The average Bonchev–Trinajstić information content (AvgIpc) is 3.03. The first-order valence-corrected chi connectivity index (χ1v) is 7.90. The van der Waals surface area contributed by atoms with Crippen LogP contribution in [0.3, 0.4) is 0 Å². The molecule has 0 bridgehead atoms. The molecular weight excluding hydrogens is 354 g/mol. The molecule has 2 unspecified atom stereocenters. The molecule has 2 aliphatic rings. The molecule has 1 saturated heterocycles. The third-order valence-electron chi connectivity index (χ3n) is 4.78. The number of pyridine rings is 1. The van der Waals surface area contributed by atoms with Crippen molar-refractivity contribution >= 4 is 33.4 Å². The van der Waals surface area contributed by atoms with E-state index < -0.39 is 10.3 Å². The quantitative estimate of drug-likeness (QED) is 0.462. The number of methoxy groups -OCH3 is 1. The van der Waals surface area contributed by atoms with Gasteiger partial charge in [0.05, 0.1) is 21.9 Å². The first-order valence-electron chi connectivity index (χ1n) is 7.11. The van der Waals surface area contributed by atoms with Crippen molar-refractivity contribution in [1.82, 2.24) is 4.98 Å². The summed E-state index contributed by atoms with van der Waals surface area (Å²) in [5.41, 5.74) is -0.518. The molecule has 2 fully saturated rings. The highest BCUT2D eigenvalue weighted by Crippen LogP contribution is 2.50. The summed E-state index contributed by atoms with van der Waals surface area (Å²) in [5.74, 6) is 0.739. The van der Waals surface area contributed by atoms with E-state index in [1.807, 2.05) is 4.90 Å². The van der Waals surface area contributed by atoms with Gasteiger partial charge in [-0.15, -0.1) is 0 Å². The molecule has 0 radical (unpaired) electrons. The van der Waals surface area contributed by atoms with Gasteiger partial charge < -0.3 is 9.64 Å². The highest BCUT2D eigenvalue weighted by atomic mass is 79.9. The van der Waals surface area contributed by atoms with Gasteiger partial charge in [0.15, 0.2) is 0 Å². The van der Waals surface area contributed by atoms with Crippen LogP contribution in [0, 0.1) is 21.4 Å². The molecule has 22 heavy (non-hydrogen) atoms. The molecule has 1 aliphatic carbocycles. The number of ether oxygens (including phenoxy) is 1. The molecule has 1 aromatic heterocycles. The standard InChI is InChI=1S/C14H16BrN3O4/c1-22-13(19)14-4-2-3-9(14)7-17(8-14)12-11(15)5-10(6-16-12)18(20)21/h5-6,9H,2-4,7-8H2,1H3. The van der Waals surface area contributed by atoms with Gasteiger partial charge in [-0.1, -0.05) is 6.42 Å². The zero-order chi connectivity index (χ0) is 15.9. The maximum atomic E-state index is 12.3. The largest absolute Gasteiger partial charge is 0.469 e. The molecule has 2 heterocycles. The lowest BCUT2D eigenvalue weighted by Crippen LogP contribution is -2.37. The number of nitrogens with zero attached hydrogens (tertiary/aromatic N) is 3.